The predicted molar refractivity (Wildman–Crippen MR) is 115 cm³/mol. The maximum atomic E-state index is 13.6. The molecule has 0 aliphatic rings. The number of sulfone groups is 1. The van der Waals surface area contributed by atoms with E-state index >= 15 is 0 Å². The molecule has 2 aromatic carbocycles. The van der Waals surface area contributed by atoms with E-state index in [2.05, 4.69) is 10.3 Å². The zero-order valence-electron chi connectivity index (χ0n) is 16.7. The van der Waals surface area contributed by atoms with Crippen molar-refractivity contribution in [2.75, 3.05) is 0 Å². The number of primary amides is 1. The summed E-state index contributed by atoms with van der Waals surface area (Å²) < 4.78 is 27.2. The molecule has 0 saturated heterocycles. The van der Waals surface area contributed by atoms with Crippen LogP contribution < -0.4 is 11.1 Å². The Hall–Kier alpha value is -2.84. The maximum Gasteiger partial charge on any atom is 0.269 e. The molecule has 0 bridgehead atoms. The first-order chi connectivity index (χ1) is 14.0. The third kappa shape index (κ3) is 4.34. The number of H-pyrrole nitrogens is 1. The Morgan fingerprint density at radius 3 is 2.37 bits per heavy atom. The molecule has 0 fully saturated rings. The molecule has 7 nitrogen and oxygen atoms in total. The highest BCUT2D eigenvalue weighted by molar-refractivity contribution is 7.91. The van der Waals surface area contributed by atoms with Crippen LogP contribution in [0.4, 0.5) is 0 Å². The van der Waals surface area contributed by atoms with E-state index in [4.69, 9.17) is 17.3 Å². The average Bonchev–Trinajstić information content (AvgIpc) is 2.99. The fraction of sp³-hybridized carbons (Fsp3) is 0.238. The minimum absolute atomic E-state index is 0.0725. The summed E-state index contributed by atoms with van der Waals surface area (Å²) in [4.78, 5) is 26.9. The van der Waals surface area contributed by atoms with Crippen molar-refractivity contribution in [3.05, 3.63) is 58.2 Å². The van der Waals surface area contributed by atoms with E-state index in [0.29, 0.717) is 15.9 Å². The van der Waals surface area contributed by atoms with Crippen LogP contribution in [-0.4, -0.2) is 31.3 Å². The first-order valence-corrected chi connectivity index (χ1v) is 11.1. The largest absolute Gasteiger partial charge is 0.370 e. The number of nitrogens with one attached hydrogen (secondary N) is 2. The number of aromatic amines is 1. The molecular weight excluding hydrogens is 426 g/mol. The lowest BCUT2D eigenvalue weighted by Crippen LogP contribution is -2.36. The molecule has 1 aromatic heterocycles. The number of hydrogen-bond donors (Lipinski definition) is 3. The lowest BCUT2D eigenvalue weighted by Gasteiger charge is -2.13. The summed E-state index contributed by atoms with van der Waals surface area (Å²) in [6.07, 6.45) is -0.0725. The van der Waals surface area contributed by atoms with Crippen LogP contribution in [0, 0.1) is 13.8 Å². The van der Waals surface area contributed by atoms with Crippen molar-refractivity contribution in [2.45, 2.75) is 43.0 Å². The predicted octanol–water partition coefficient (Wildman–Crippen LogP) is 3.26. The number of hydrogen-bond acceptors (Lipinski definition) is 4. The van der Waals surface area contributed by atoms with E-state index in [9.17, 15) is 18.0 Å². The van der Waals surface area contributed by atoms with Crippen LogP contribution in [0.15, 0.2) is 46.2 Å². The van der Waals surface area contributed by atoms with Gasteiger partial charge in [0.1, 0.15) is 10.6 Å². The van der Waals surface area contributed by atoms with Gasteiger partial charge in [-0.15, -0.1) is 0 Å². The van der Waals surface area contributed by atoms with Crippen molar-refractivity contribution < 1.29 is 18.0 Å². The lowest BCUT2D eigenvalue weighted by atomic mass is 10.2. The molecule has 3 aromatic rings. The summed E-state index contributed by atoms with van der Waals surface area (Å²) in [5.74, 6) is -1.23. The van der Waals surface area contributed by atoms with Crippen molar-refractivity contribution in [1.29, 1.82) is 0 Å². The Balaban J connectivity index is 2.21. The van der Waals surface area contributed by atoms with E-state index in [-0.39, 0.29) is 21.9 Å². The number of nitrogens with two attached hydrogens (primary N) is 1. The summed E-state index contributed by atoms with van der Waals surface area (Å²) in [6.45, 7) is 5.22. The van der Waals surface area contributed by atoms with Gasteiger partial charge >= 0.3 is 0 Å². The molecule has 158 valence electrons. The monoisotopic (exact) mass is 447 g/mol. The second-order valence-corrected chi connectivity index (χ2v) is 9.71. The molecular formula is C21H22ClN3O4S. The van der Waals surface area contributed by atoms with Gasteiger partial charge in [0.25, 0.3) is 5.91 Å². The van der Waals surface area contributed by atoms with Crippen LogP contribution in [0.2, 0.25) is 5.02 Å². The van der Waals surface area contributed by atoms with Gasteiger partial charge in [-0.25, -0.2) is 8.42 Å². The molecule has 0 spiro atoms. The van der Waals surface area contributed by atoms with Gasteiger partial charge in [-0.2, -0.15) is 0 Å². The average molecular weight is 448 g/mol. The maximum absolute atomic E-state index is 13.6. The smallest absolute Gasteiger partial charge is 0.269 e. The lowest BCUT2D eigenvalue weighted by molar-refractivity contribution is -0.118. The molecule has 30 heavy (non-hydrogen) atoms. The summed E-state index contributed by atoms with van der Waals surface area (Å²) >= 11 is 6.11. The zero-order valence-corrected chi connectivity index (χ0v) is 18.3. The second-order valence-electron chi connectivity index (χ2n) is 7.39. The van der Waals surface area contributed by atoms with Crippen molar-refractivity contribution >= 4 is 44.2 Å². The van der Waals surface area contributed by atoms with Gasteiger partial charge in [-0.1, -0.05) is 17.7 Å². The van der Waals surface area contributed by atoms with Crippen molar-refractivity contribution in [1.82, 2.24) is 10.3 Å². The fourth-order valence-electron chi connectivity index (χ4n) is 3.43. The number of aromatic nitrogens is 1. The molecule has 0 unspecified atom stereocenters. The zero-order chi connectivity index (χ0) is 22.2. The van der Waals surface area contributed by atoms with Crippen molar-refractivity contribution in [2.24, 2.45) is 5.73 Å². The minimum atomic E-state index is -4.06. The molecule has 0 aliphatic carbocycles. The standard InChI is InChI=1S/C21H22ClN3O4S/c1-11-6-12(2)8-15(7-11)30(28,29)20-16-10-14(22)4-5-17(16)25-19(20)21(27)24-13(3)9-18(23)26/h4-8,10,13,25H,9H2,1-3H3,(H2,23,26)(H,24,27)/t13-/m1/s1. The van der Waals surface area contributed by atoms with E-state index in [0.717, 1.165) is 11.1 Å². The van der Waals surface area contributed by atoms with Crippen LogP contribution >= 0.6 is 11.6 Å². The van der Waals surface area contributed by atoms with Crippen molar-refractivity contribution in [3.8, 4) is 0 Å². The van der Waals surface area contributed by atoms with Crippen LogP contribution in [-0.2, 0) is 14.6 Å². The second kappa shape index (κ2) is 8.12. The molecule has 1 heterocycles. The van der Waals surface area contributed by atoms with Crippen LogP contribution in [0.1, 0.15) is 35.0 Å². The Morgan fingerprint density at radius 1 is 1.13 bits per heavy atom. The normalized spacial score (nSPS) is 12.7. The summed E-state index contributed by atoms with van der Waals surface area (Å²) in [7, 11) is -4.06. The van der Waals surface area contributed by atoms with Gasteiger partial charge in [-0.05, 0) is 62.2 Å². The summed E-state index contributed by atoms with van der Waals surface area (Å²) in [5, 5.41) is 3.28. The third-order valence-electron chi connectivity index (χ3n) is 4.60. The molecule has 3 rings (SSSR count). The van der Waals surface area contributed by atoms with E-state index in [1.165, 1.54) is 6.07 Å². The van der Waals surface area contributed by atoms with Crippen molar-refractivity contribution in [3.63, 3.8) is 0 Å². The topological polar surface area (TPSA) is 122 Å². The van der Waals surface area contributed by atoms with E-state index < -0.39 is 27.7 Å². The molecule has 9 heteroatoms. The van der Waals surface area contributed by atoms with Gasteiger partial charge in [0, 0.05) is 28.4 Å². The third-order valence-corrected chi connectivity index (χ3v) is 6.65. The molecule has 2 amide bonds. The summed E-state index contributed by atoms with van der Waals surface area (Å²) in [5.41, 5.74) is 7.08. The molecule has 0 radical (unpaired) electrons. The molecule has 0 aliphatic heterocycles. The van der Waals surface area contributed by atoms with Crippen LogP contribution in [0.25, 0.3) is 10.9 Å². The van der Waals surface area contributed by atoms with Crippen LogP contribution in [0.3, 0.4) is 0 Å². The first kappa shape index (κ1) is 21.9. The number of benzene rings is 2. The number of fused-ring (bicyclic) bond motifs is 1. The Morgan fingerprint density at radius 2 is 1.77 bits per heavy atom. The van der Waals surface area contributed by atoms with E-state index in [1.807, 2.05) is 6.07 Å². The summed E-state index contributed by atoms with van der Waals surface area (Å²) in [6, 6.07) is 9.14. The fourth-order valence-corrected chi connectivity index (χ4v) is 5.39. The minimum Gasteiger partial charge on any atom is -0.370 e. The number of aryl methyl sites for hydroxylation is 2. The molecule has 1 atom stereocenters. The number of amides is 2. The van der Waals surface area contributed by atoms with Gasteiger partial charge in [0.2, 0.25) is 15.7 Å². The Bertz CT molecular complexity index is 1240. The molecule has 0 saturated carbocycles. The van der Waals surface area contributed by atoms with Gasteiger partial charge in [-0.3, -0.25) is 9.59 Å². The first-order valence-electron chi connectivity index (χ1n) is 9.23. The Labute approximate surface area is 179 Å². The van der Waals surface area contributed by atoms with E-state index in [1.54, 1.807) is 45.0 Å². The number of halogens is 1. The molecule has 4 N–H and O–H groups in total. The highest BCUT2D eigenvalue weighted by Gasteiger charge is 2.30. The number of rotatable bonds is 6. The highest BCUT2D eigenvalue weighted by atomic mass is 35.5. The number of carbonyl (C=O) groups is 2. The number of carbonyl (C=O) groups excluding carboxylic acids is 2. The SMILES string of the molecule is Cc1cc(C)cc(S(=O)(=O)c2c(C(=O)N[C@H](C)CC(N)=O)[nH]c3ccc(Cl)cc23)c1. The Kier molecular flexibility index (Phi) is 5.92. The van der Waals surface area contributed by atoms with Gasteiger partial charge in [0.05, 0.1) is 4.90 Å². The van der Waals surface area contributed by atoms with Crippen LogP contribution in [0.5, 0.6) is 0 Å². The highest BCUT2D eigenvalue weighted by Crippen LogP contribution is 2.34. The van der Waals surface area contributed by atoms with Gasteiger partial charge < -0.3 is 16.0 Å². The quantitative estimate of drug-likeness (QED) is 0.536. The van der Waals surface area contributed by atoms with Gasteiger partial charge in [0.15, 0.2) is 0 Å².